The van der Waals surface area contributed by atoms with Crippen LogP contribution in [-0.4, -0.2) is 37.0 Å². The summed E-state index contributed by atoms with van der Waals surface area (Å²) < 4.78 is 5.80. The number of hydrogen-bond acceptors (Lipinski definition) is 4. The summed E-state index contributed by atoms with van der Waals surface area (Å²) in [4.78, 5) is 2.32. The molecular weight excluding hydrogens is 244 g/mol. The van der Waals surface area contributed by atoms with E-state index in [0.717, 1.165) is 44.1 Å². The second-order valence-electron chi connectivity index (χ2n) is 4.63. The average Bonchev–Trinajstić information content (AvgIpc) is 2.77. The molecule has 0 aliphatic carbocycles. The van der Waals surface area contributed by atoms with Crippen LogP contribution in [0.5, 0.6) is 0 Å². The van der Waals surface area contributed by atoms with Crippen molar-refractivity contribution in [3.8, 4) is 0 Å². The molecule has 1 N–H and O–H groups in total. The van der Waals surface area contributed by atoms with Gasteiger partial charge in [0.15, 0.2) is 0 Å². The number of thioether (sulfide) groups is 1. The lowest BCUT2D eigenvalue weighted by Gasteiger charge is -2.14. The summed E-state index contributed by atoms with van der Waals surface area (Å²) in [6.07, 6.45) is 4.55. The lowest BCUT2D eigenvalue weighted by molar-refractivity contribution is 0.291. The van der Waals surface area contributed by atoms with Crippen LogP contribution in [-0.2, 0) is 13.1 Å². The van der Waals surface area contributed by atoms with Crippen molar-refractivity contribution in [1.82, 2.24) is 10.2 Å². The zero-order valence-electron chi connectivity index (χ0n) is 11.9. The Morgan fingerprint density at radius 3 is 2.83 bits per heavy atom. The van der Waals surface area contributed by atoms with E-state index in [1.54, 1.807) is 0 Å². The Balaban J connectivity index is 2.25. The second kappa shape index (κ2) is 9.48. The quantitative estimate of drug-likeness (QED) is 0.662. The zero-order chi connectivity index (χ0) is 13.2. The highest BCUT2D eigenvalue weighted by atomic mass is 32.2. The molecule has 104 valence electrons. The first kappa shape index (κ1) is 15.6. The SMILES string of the molecule is CCCNCc1ccc(CN(C)CCCSC)o1. The van der Waals surface area contributed by atoms with E-state index < -0.39 is 0 Å². The summed E-state index contributed by atoms with van der Waals surface area (Å²) in [7, 11) is 2.15. The van der Waals surface area contributed by atoms with Crippen molar-refractivity contribution >= 4 is 11.8 Å². The largest absolute Gasteiger partial charge is 0.463 e. The van der Waals surface area contributed by atoms with Crippen LogP contribution >= 0.6 is 11.8 Å². The van der Waals surface area contributed by atoms with Gasteiger partial charge in [0.25, 0.3) is 0 Å². The Morgan fingerprint density at radius 1 is 1.33 bits per heavy atom. The minimum atomic E-state index is 0.837. The van der Waals surface area contributed by atoms with Crippen LogP contribution in [0.3, 0.4) is 0 Å². The fourth-order valence-corrected chi connectivity index (χ4v) is 2.23. The van der Waals surface area contributed by atoms with Gasteiger partial charge in [-0.1, -0.05) is 6.92 Å². The van der Waals surface area contributed by atoms with Crippen molar-refractivity contribution in [2.24, 2.45) is 0 Å². The molecule has 1 rings (SSSR count). The Kier molecular flexibility index (Phi) is 8.22. The molecule has 3 nitrogen and oxygen atoms in total. The maximum absolute atomic E-state index is 5.80. The number of furan rings is 1. The lowest BCUT2D eigenvalue weighted by atomic mass is 10.3. The van der Waals surface area contributed by atoms with Gasteiger partial charge in [0.05, 0.1) is 13.1 Å². The van der Waals surface area contributed by atoms with Crippen molar-refractivity contribution in [3.63, 3.8) is 0 Å². The summed E-state index contributed by atoms with van der Waals surface area (Å²) in [6, 6.07) is 4.17. The van der Waals surface area contributed by atoms with Gasteiger partial charge in [-0.15, -0.1) is 0 Å². The van der Waals surface area contributed by atoms with Crippen molar-refractivity contribution < 1.29 is 4.42 Å². The number of nitrogens with one attached hydrogen (secondary N) is 1. The van der Waals surface area contributed by atoms with E-state index in [4.69, 9.17) is 4.42 Å². The first-order valence-electron chi connectivity index (χ1n) is 6.72. The zero-order valence-corrected chi connectivity index (χ0v) is 12.7. The normalized spacial score (nSPS) is 11.3. The molecule has 0 saturated heterocycles. The molecule has 0 spiro atoms. The van der Waals surface area contributed by atoms with Crippen LogP contribution in [0.2, 0.25) is 0 Å². The highest BCUT2D eigenvalue weighted by Gasteiger charge is 2.05. The lowest BCUT2D eigenvalue weighted by Crippen LogP contribution is -2.19. The van der Waals surface area contributed by atoms with E-state index in [2.05, 4.69) is 42.6 Å². The van der Waals surface area contributed by atoms with Gasteiger partial charge in [0.1, 0.15) is 11.5 Å². The van der Waals surface area contributed by atoms with Crippen LogP contribution in [0.25, 0.3) is 0 Å². The Morgan fingerprint density at radius 2 is 2.11 bits per heavy atom. The van der Waals surface area contributed by atoms with Gasteiger partial charge < -0.3 is 9.73 Å². The molecule has 0 bridgehead atoms. The molecule has 1 heterocycles. The van der Waals surface area contributed by atoms with Gasteiger partial charge in [0, 0.05) is 0 Å². The molecule has 0 aliphatic rings. The summed E-state index contributed by atoms with van der Waals surface area (Å²) >= 11 is 1.91. The predicted octanol–water partition coefficient (Wildman–Crippen LogP) is 2.96. The standard InChI is InChI=1S/C14H26N2OS/c1-4-8-15-11-13-6-7-14(17-13)12-16(2)9-5-10-18-3/h6-7,15H,4-5,8-12H2,1-3H3. The topological polar surface area (TPSA) is 28.4 Å². The van der Waals surface area contributed by atoms with Crippen LogP contribution in [0.4, 0.5) is 0 Å². The first-order chi connectivity index (χ1) is 8.76. The van der Waals surface area contributed by atoms with Crippen molar-refractivity contribution in [1.29, 1.82) is 0 Å². The van der Waals surface area contributed by atoms with E-state index in [1.165, 1.54) is 12.2 Å². The fourth-order valence-electron chi connectivity index (χ4n) is 1.81. The molecule has 1 aromatic rings. The predicted molar refractivity (Wildman–Crippen MR) is 80.0 cm³/mol. The third kappa shape index (κ3) is 6.47. The van der Waals surface area contributed by atoms with Gasteiger partial charge in [-0.25, -0.2) is 0 Å². The molecule has 18 heavy (non-hydrogen) atoms. The molecule has 0 fully saturated rings. The third-order valence-electron chi connectivity index (χ3n) is 2.76. The van der Waals surface area contributed by atoms with E-state index in [1.807, 2.05) is 11.8 Å². The highest BCUT2D eigenvalue weighted by Crippen LogP contribution is 2.10. The summed E-state index contributed by atoms with van der Waals surface area (Å²) in [6.45, 7) is 6.09. The Hall–Kier alpha value is -0.450. The van der Waals surface area contributed by atoms with E-state index in [-0.39, 0.29) is 0 Å². The number of hydrogen-bond donors (Lipinski definition) is 1. The van der Waals surface area contributed by atoms with Crippen LogP contribution in [0, 0.1) is 0 Å². The smallest absolute Gasteiger partial charge is 0.118 e. The van der Waals surface area contributed by atoms with Crippen LogP contribution < -0.4 is 5.32 Å². The molecule has 4 heteroatoms. The average molecular weight is 270 g/mol. The molecule has 0 aliphatic heterocycles. The molecular formula is C14H26N2OS. The minimum absolute atomic E-state index is 0.837. The number of rotatable bonds is 10. The molecule has 0 atom stereocenters. The minimum Gasteiger partial charge on any atom is -0.463 e. The molecule has 0 aromatic carbocycles. The van der Waals surface area contributed by atoms with Gasteiger partial charge in [-0.05, 0) is 57.1 Å². The maximum atomic E-state index is 5.80. The number of nitrogens with zero attached hydrogens (tertiary/aromatic N) is 1. The monoisotopic (exact) mass is 270 g/mol. The van der Waals surface area contributed by atoms with Crippen LogP contribution in [0.1, 0.15) is 31.3 Å². The molecule has 1 aromatic heterocycles. The molecule has 0 radical (unpaired) electrons. The van der Waals surface area contributed by atoms with Gasteiger partial charge >= 0.3 is 0 Å². The Labute approximate surface area is 115 Å². The first-order valence-corrected chi connectivity index (χ1v) is 8.11. The van der Waals surface area contributed by atoms with E-state index >= 15 is 0 Å². The molecule has 0 unspecified atom stereocenters. The summed E-state index contributed by atoms with van der Waals surface area (Å²) in [5.41, 5.74) is 0. The maximum Gasteiger partial charge on any atom is 0.118 e. The molecule has 0 amide bonds. The second-order valence-corrected chi connectivity index (χ2v) is 5.61. The third-order valence-corrected chi connectivity index (χ3v) is 3.45. The fraction of sp³-hybridized carbons (Fsp3) is 0.714. The van der Waals surface area contributed by atoms with Crippen molar-refractivity contribution in [3.05, 3.63) is 23.7 Å². The van der Waals surface area contributed by atoms with Gasteiger partial charge in [-0.3, -0.25) is 4.90 Å². The van der Waals surface area contributed by atoms with E-state index in [9.17, 15) is 0 Å². The summed E-state index contributed by atoms with van der Waals surface area (Å²) in [5, 5.41) is 3.35. The summed E-state index contributed by atoms with van der Waals surface area (Å²) in [5.74, 6) is 3.33. The van der Waals surface area contributed by atoms with Crippen LogP contribution in [0.15, 0.2) is 16.5 Å². The van der Waals surface area contributed by atoms with Crippen molar-refractivity contribution in [2.75, 3.05) is 32.1 Å². The van der Waals surface area contributed by atoms with Gasteiger partial charge in [-0.2, -0.15) is 11.8 Å². The van der Waals surface area contributed by atoms with Crippen molar-refractivity contribution in [2.45, 2.75) is 32.9 Å². The van der Waals surface area contributed by atoms with Gasteiger partial charge in [0.2, 0.25) is 0 Å². The molecule has 0 saturated carbocycles. The highest BCUT2D eigenvalue weighted by molar-refractivity contribution is 7.98. The Bertz CT molecular complexity index is 314. The van der Waals surface area contributed by atoms with E-state index in [0.29, 0.717) is 0 Å².